The Labute approximate surface area is 150 Å². The summed E-state index contributed by atoms with van der Waals surface area (Å²) in [5, 5.41) is 20.2. The number of aliphatic carboxylic acids is 1. The van der Waals surface area contributed by atoms with E-state index in [4.69, 9.17) is 0 Å². The van der Waals surface area contributed by atoms with Gasteiger partial charge in [0, 0.05) is 5.41 Å². The first-order chi connectivity index (χ1) is 11.7. The third kappa shape index (κ3) is 2.24. The zero-order valence-electron chi connectivity index (χ0n) is 15.6. The second kappa shape index (κ2) is 5.33. The van der Waals surface area contributed by atoms with Gasteiger partial charge >= 0.3 is 5.97 Å². The molecule has 0 aromatic heterocycles. The van der Waals surface area contributed by atoms with Crippen molar-refractivity contribution in [3.05, 3.63) is 35.5 Å². The molecule has 0 unspecified atom stereocenters. The summed E-state index contributed by atoms with van der Waals surface area (Å²) in [6, 6.07) is 0. The minimum absolute atomic E-state index is 0.00163. The SMILES string of the molecule is C[C@]12C=CCC(CC(=O)O)=C1C=C[C@@H]1[C@@H]2CC[C@@]2(C)[C@H]1CC[C@]2(C)O. The fourth-order valence-corrected chi connectivity index (χ4v) is 6.61. The van der Waals surface area contributed by atoms with Gasteiger partial charge in [0.25, 0.3) is 0 Å². The quantitative estimate of drug-likeness (QED) is 0.727. The maximum atomic E-state index is 11.3. The normalized spacial score (nSPS) is 48.1. The summed E-state index contributed by atoms with van der Waals surface area (Å²) < 4.78 is 0. The number of carboxylic acid groups (broad SMARTS) is 1. The zero-order chi connectivity index (χ0) is 18.0. The van der Waals surface area contributed by atoms with Gasteiger partial charge in [0.15, 0.2) is 0 Å². The molecule has 25 heavy (non-hydrogen) atoms. The molecule has 0 amide bonds. The summed E-state index contributed by atoms with van der Waals surface area (Å²) in [5.41, 5.74) is 1.69. The minimum atomic E-state index is -0.737. The summed E-state index contributed by atoms with van der Waals surface area (Å²) in [6.45, 7) is 6.62. The highest BCUT2D eigenvalue weighted by molar-refractivity contribution is 5.71. The van der Waals surface area contributed by atoms with Gasteiger partial charge in [-0.1, -0.05) is 43.7 Å². The number of carbonyl (C=O) groups is 1. The lowest BCUT2D eigenvalue weighted by molar-refractivity contribution is -0.136. The molecule has 3 heteroatoms. The number of rotatable bonds is 2. The molecule has 4 aliphatic rings. The van der Waals surface area contributed by atoms with Crippen LogP contribution in [0.1, 0.15) is 59.3 Å². The Kier molecular flexibility index (Phi) is 3.64. The van der Waals surface area contributed by atoms with E-state index in [1.807, 2.05) is 6.92 Å². The van der Waals surface area contributed by atoms with Crippen molar-refractivity contribution in [3.63, 3.8) is 0 Å². The molecule has 2 N–H and O–H groups in total. The Bertz CT molecular complexity index is 698. The average Bonchev–Trinajstić information content (AvgIpc) is 2.76. The number of aliphatic hydroxyl groups is 1. The maximum absolute atomic E-state index is 11.3. The Morgan fingerprint density at radius 2 is 1.92 bits per heavy atom. The van der Waals surface area contributed by atoms with Crippen LogP contribution in [-0.4, -0.2) is 21.8 Å². The molecule has 2 fully saturated rings. The van der Waals surface area contributed by atoms with Crippen molar-refractivity contribution in [1.82, 2.24) is 0 Å². The van der Waals surface area contributed by atoms with E-state index in [1.165, 1.54) is 5.57 Å². The molecule has 0 radical (unpaired) electrons. The highest BCUT2D eigenvalue weighted by atomic mass is 16.4. The Morgan fingerprint density at radius 3 is 2.64 bits per heavy atom. The topological polar surface area (TPSA) is 57.5 Å². The van der Waals surface area contributed by atoms with Crippen molar-refractivity contribution in [2.75, 3.05) is 0 Å². The fraction of sp³-hybridized carbons (Fsp3) is 0.682. The lowest BCUT2D eigenvalue weighted by Gasteiger charge is -2.56. The lowest BCUT2D eigenvalue weighted by atomic mass is 9.49. The van der Waals surface area contributed by atoms with Gasteiger partial charge in [-0.05, 0) is 67.8 Å². The van der Waals surface area contributed by atoms with Crippen LogP contribution < -0.4 is 0 Å². The van der Waals surface area contributed by atoms with Gasteiger partial charge in [0.1, 0.15) is 0 Å². The van der Waals surface area contributed by atoms with Gasteiger partial charge in [-0.25, -0.2) is 0 Å². The standard InChI is InChI=1S/C22H30O3/c1-20-10-4-5-14(13-19(23)24)16(20)7-6-15-17(20)8-11-21(2)18(15)9-12-22(21,3)25/h4,6-7,10,15,17-18,25H,5,8-9,11-13H2,1-3H3,(H,23,24)/t15-,17+,18+,20+,21+,22+/m1/s1. The summed E-state index contributed by atoms with van der Waals surface area (Å²) in [7, 11) is 0. The average molecular weight is 342 g/mol. The number of carboxylic acids is 1. The molecule has 2 saturated carbocycles. The summed E-state index contributed by atoms with van der Waals surface area (Å²) >= 11 is 0. The van der Waals surface area contributed by atoms with Crippen LogP contribution in [0.15, 0.2) is 35.5 Å². The molecule has 0 aromatic rings. The van der Waals surface area contributed by atoms with Crippen molar-refractivity contribution >= 4 is 5.97 Å². The van der Waals surface area contributed by atoms with Crippen LogP contribution in [0.5, 0.6) is 0 Å². The second-order valence-corrected chi connectivity index (χ2v) is 9.40. The van der Waals surface area contributed by atoms with E-state index in [9.17, 15) is 15.0 Å². The minimum Gasteiger partial charge on any atom is -0.481 e. The van der Waals surface area contributed by atoms with Crippen LogP contribution in [0.2, 0.25) is 0 Å². The predicted molar refractivity (Wildman–Crippen MR) is 98.0 cm³/mol. The highest BCUT2D eigenvalue weighted by Gasteiger charge is 2.61. The smallest absolute Gasteiger partial charge is 0.307 e. The number of fused-ring (bicyclic) bond motifs is 5. The summed E-state index contributed by atoms with van der Waals surface area (Å²) in [4.78, 5) is 11.3. The van der Waals surface area contributed by atoms with Crippen LogP contribution in [0, 0.1) is 28.6 Å². The van der Waals surface area contributed by atoms with Gasteiger partial charge in [0.05, 0.1) is 12.0 Å². The van der Waals surface area contributed by atoms with E-state index < -0.39 is 11.6 Å². The largest absolute Gasteiger partial charge is 0.481 e. The van der Waals surface area contributed by atoms with E-state index in [-0.39, 0.29) is 17.3 Å². The molecule has 6 atom stereocenters. The van der Waals surface area contributed by atoms with Crippen molar-refractivity contribution in [1.29, 1.82) is 0 Å². The number of hydrogen-bond donors (Lipinski definition) is 2. The van der Waals surface area contributed by atoms with Crippen molar-refractivity contribution in [2.45, 2.75) is 64.9 Å². The maximum Gasteiger partial charge on any atom is 0.307 e. The van der Waals surface area contributed by atoms with Crippen LogP contribution in [0.25, 0.3) is 0 Å². The first-order valence-electron chi connectivity index (χ1n) is 9.72. The molecule has 0 heterocycles. The zero-order valence-corrected chi connectivity index (χ0v) is 15.6. The first-order valence-corrected chi connectivity index (χ1v) is 9.72. The molecule has 0 spiro atoms. The molecule has 4 aliphatic carbocycles. The molecular formula is C22H30O3. The molecule has 0 bridgehead atoms. The molecule has 0 saturated heterocycles. The lowest BCUT2D eigenvalue weighted by Crippen LogP contribution is -2.52. The van der Waals surface area contributed by atoms with Crippen LogP contribution in [0.3, 0.4) is 0 Å². The molecule has 3 nitrogen and oxygen atoms in total. The summed E-state index contributed by atoms with van der Waals surface area (Å²) in [5.74, 6) is 0.781. The third-order valence-electron chi connectivity index (χ3n) is 8.30. The van der Waals surface area contributed by atoms with Gasteiger partial charge < -0.3 is 10.2 Å². The van der Waals surface area contributed by atoms with Crippen LogP contribution in [0.4, 0.5) is 0 Å². The molecule has 0 aliphatic heterocycles. The Balaban J connectivity index is 1.76. The van der Waals surface area contributed by atoms with Gasteiger partial charge in [-0.2, -0.15) is 0 Å². The third-order valence-corrected chi connectivity index (χ3v) is 8.30. The van der Waals surface area contributed by atoms with E-state index in [0.29, 0.717) is 17.8 Å². The highest BCUT2D eigenvalue weighted by Crippen LogP contribution is 2.65. The monoisotopic (exact) mass is 342 g/mol. The number of allylic oxidation sites excluding steroid dienone is 5. The Hall–Kier alpha value is -1.35. The van der Waals surface area contributed by atoms with Gasteiger partial charge in [0.2, 0.25) is 0 Å². The Morgan fingerprint density at radius 1 is 1.20 bits per heavy atom. The van der Waals surface area contributed by atoms with Crippen LogP contribution in [-0.2, 0) is 4.79 Å². The van der Waals surface area contributed by atoms with Crippen molar-refractivity contribution in [3.8, 4) is 0 Å². The molecule has 0 aromatic carbocycles. The van der Waals surface area contributed by atoms with E-state index in [0.717, 1.165) is 37.7 Å². The fourth-order valence-electron chi connectivity index (χ4n) is 6.61. The van der Waals surface area contributed by atoms with E-state index >= 15 is 0 Å². The summed E-state index contributed by atoms with van der Waals surface area (Å²) in [6.07, 6.45) is 14.1. The van der Waals surface area contributed by atoms with E-state index in [1.54, 1.807) is 0 Å². The molecule has 4 rings (SSSR count). The van der Waals surface area contributed by atoms with Gasteiger partial charge in [-0.3, -0.25) is 4.79 Å². The first kappa shape index (κ1) is 17.1. The number of hydrogen-bond acceptors (Lipinski definition) is 2. The van der Waals surface area contributed by atoms with E-state index in [2.05, 4.69) is 38.2 Å². The van der Waals surface area contributed by atoms with Crippen molar-refractivity contribution < 1.29 is 15.0 Å². The molecular weight excluding hydrogens is 312 g/mol. The van der Waals surface area contributed by atoms with Gasteiger partial charge in [-0.15, -0.1) is 0 Å². The predicted octanol–water partition coefficient (Wildman–Crippen LogP) is 4.49. The van der Waals surface area contributed by atoms with Crippen LogP contribution >= 0.6 is 0 Å². The second-order valence-electron chi connectivity index (χ2n) is 9.40. The van der Waals surface area contributed by atoms with Crippen molar-refractivity contribution in [2.24, 2.45) is 28.6 Å². The molecule has 136 valence electrons.